The maximum Gasteiger partial charge on any atom is 0.342 e. The number of benzene rings is 1. The number of ether oxygens (including phenoxy) is 1. The molecule has 1 fully saturated rings. The van der Waals surface area contributed by atoms with Gasteiger partial charge in [-0.15, -0.1) is 0 Å². The third kappa shape index (κ3) is 4.16. The van der Waals surface area contributed by atoms with Crippen molar-refractivity contribution in [3.8, 4) is 0 Å². The van der Waals surface area contributed by atoms with Gasteiger partial charge in [0.05, 0.1) is 11.5 Å². The molecule has 0 unspecified atom stereocenters. The number of carboxylic acid groups (broad SMARTS) is 1. The molecule has 0 spiro atoms. The molecule has 7 nitrogen and oxygen atoms in total. The van der Waals surface area contributed by atoms with Gasteiger partial charge in [0.15, 0.2) is 0 Å². The van der Waals surface area contributed by atoms with E-state index in [1.165, 1.54) is 25.0 Å². The molecule has 1 saturated carbocycles. The molecule has 0 heterocycles. The van der Waals surface area contributed by atoms with Crippen molar-refractivity contribution in [3.05, 3.63) is 33.9 Å². The fourth-order valence-electron chi connectivity index (χ4n) is 1.95. The second-order valence-electron chi connectivity index (χ2n) is 5.20. The van der Waals surface area contributed by atoms with E-state index in [0.717, 1.165) is 6.61 Å². The fraction of sp³-hybridized carbons (Fsp3) is 0.500. The molecule has 1 aliphatic carbocycles. The molecule has 0 saturated heterocycles. The van der Waals surface area contributed by atoms with Gasteiger partial charge >= 0.3 is 5.97 Å². The topological polar surface area (TPSA) is 92.9 Å². The Morgan fingerprint density at radius 1 is 1.52 bits per heavy atom. The van der Waals surface area contributed by atoms with E-state index in [4.69, 9.17) is 9.84 Å². The number of nitro benzene ring substituents is 1. The molecule has 0 radical (unpaired) electrons. The standard InChI is InChI=1S/C14H18N2O5/c1-15(6-7-21-9-10-2-3-10)11-4-5-12(14(17)18)13(8-11)16(19)20/h4-5,8,10H,2-3,6-7,9H2,1H3,(H,17,18). The zero-order valence-electron chi connectivity index (χ0n) is 11.8. The Labute approximate surface area is 122 Å². The highest BCUT2D eigenvalue weighted by Crippen LogP contribution is 2.29. The van der Waals surface area contributed by atoms with Crippen LogP contribution in [0.15, 0.2) is 18.2 Å². The molecular weight excluding hydrogens is 276 g/mol. The maximum atomic E-state index is 10.9. The van der Waals surface area contributed by atoms with Crippen LogP contribution in [0.4, 0.5) is 11.4 Å². The van der Waals surface area contributed by atoms with Crippen molar-refractivity contribution < 1.29 is 19.6 Å². The Morgan fingerprint density at radius 3 is 2.81 bits per heavy atom. The summed E-state index contributed by atoms with van der Waals surface area (Å²) >= 11 is 0. The molecule has 0 atom stereocenters. The Kier molecular flexibility index (Phi) is 4.74. The monoisotopic (exact) mass is 294 g/mol. The van der Waals surface area contributed by atoms with E-state index in [0.29, 0.717) is 24.8 Å². The summed E-state index contributed by atoms with van der Waals surface area (Å²) in [6.07, 6.45) is 2.47. The minimum atomic E-state index is -1.30. The number of carbonyl (C=O) groups is 1. The summed E-state index contributed by atoms with van der Waals surface area (Å²) in [6.45, 7) is 1.91. The Hall–Kier alpha value is -2.15. The van der Waals surface area contributed by atoms with Gasteiger partial charge in [-0.25, -0.2) is 4.79 Å². The number of carboxylic acids is 1. The third-order valence-electron chi connectivity index (χ3n) is 3.47. The van der Waals surface area contributed by atoms with Gasteiger partial charge in [-0.05, 0) is 30.9 Å². The van der Waals surface area contributed by atoms with Crippen LogP contribution in [0.5, 0.6) is 0 Å². The Bertz CT molecular complexity index is 542. The van der Waals surface area contributed by atoms with Crippen LogP contribution < -0.4 is 4.90 Å². The summed E-state index contributed by atoms with van der Waals surface area (Å²) in [4.78, 5) is 23.0. The summed E-state index contributed by atoms with van der Waals surface area (Å²) in [5.74, 6) is -0.602. The first kappa shape index (κ1) is 15.2. The highest BCUT2D eigenvalue weighted by atomic mass is 16.6. The van der Waals surface area contributed by atoms with Crippen molar-refractivity contribution in [2.24, 2.45) is 5.92 Å². The number of nitro groups is 1. The van der Waals surface area contributed by atoms with Crippen LogP contribution in [-0.4, -0.2) is 42.8 Å². The van der Waals surface area contributed by atoms with Crippen LogP contribution >= 0.6 is 0 Å². The van der Waals surface area contributed by atoms with Crippen molar-refractivity contribution in [2.75, 3.05) is 31.7 Å². The van der Waals surface area contributed by atoms with Gasteiger partial charge in [-0.2, -0.15) is 0 Å². The lowest BCUT2D eigenvalue weighted by Gasteiger charge is -2.19. The van der Waals surface area contributed by atoms with Crippen molar-refractivity contribution in [2.45, 2.75) is 12.8 Å². The predicted molar refractivity (Wildman–Crippen MR) is 76.9 cm³/mol. The van der Waals surface area contributed by atoms with Gasteiger partial charge in [0.2, 0.25) is 0 Å². The van der Waals surface area contributed by atoms with Gasteiger partial charge in [-0.1, -0.05) is 0 Å². The minimum absolute atomic E-state index is 0.304. The summed E-state index contributed by atoms with van der Waals surface area (Å²) < 4.78 is 5.52. The molecule has 1 aliphatic rings. The molecule has 0 amide bonds. The summed E-state index contributed by atoms with van der Waals surface area (Å²) in [7, 11) is 1.79. The number of rotatable bonds is 8. The zero-order valence-corrected chi connectivity index (χ0v) is 11.8. The van der Waals surface area contributed by atoms with E-state index in [9.17, 15) is 14.9 Å². The SMILES string of the molecule is CN(CCOCC1CC1)c1ccc(C(=O)O)c([N+](=O)[O-])c1. The number of hydrogen-bond acceptors (Lipinski definition) is 5. The summed E-state index contributed by atoms with van der Waals surface area (Å²) in [5, 5.41) is 19.9. The average Bonchev–Trinajstić information content (AvgIpc) is 3.26. The van der Waals surface area contributed by atoms with E-state index in [2.05, 4.69) is 0 Å². The van der Waals surface area contributed by atoms with E-state index >= 15 is 0 Å². The van der Waals surface area contributed by atoms with Crippen molar-refractivity contribution in [1.29, 1.82) is 0 Å². The highest BCUT2D eigenvalue weighted by molar-refractivity contribution is 5.93. The van der Waals surface area contributed by atoms with Crippen LogP contribution in [0.25, 0.3) is 0 Å². The van der Waals surface area contributed by atoms with Gasteiger partial charge in [0.25, 0.3) is 5.69 Å². The quantitative estimate of drug-likeness (QED) is 0.448. The number of aromatic carboxylic acids is 1. The van der Waals surface area contributed by atoms with E-state index < -0.39 is 16.6 Å². The van der Waals surface area contributed by atoms with E-state index in [1.54, 1.807) is 13.1 Å². The van der Waals surface area contributed by atoms with Crippen molar-refractivity contribution >= 4 is 17.3 Å². The van der Waals surface area contributed by atoms with Gasteiger partial charge in [0.1, 0.15) is 5.56 Å². The summed E-state index contributed by atoms with van der Waals surface area (Å²) in [5.41, 5.74) is -0.102. The molecule has 1 aromatic rings. The molecule has 0 bridgehead atoms. The Balaban J connectivity index is 1.98. The summed E-state index contributed by atoms with van der Waals surface area (Å²) in [6, 6.07) is 4.11. The molecule has 0 aromatic heterocycles. The molecule has 1 aromatic carbocycles. The molecule has 2 rings (SSSR count). The smallest absolute Gasteiger partial charge is 0.342 e. The number of likely N-dealkylation sites (N-methyl/N-ethyl adjacent to an activating group) is 1. The number of anilines is 1. The highest BCUT2D eigenvalue weighted by Gasteiger charge is 2.22. The largest absolute Gasteiger partial charge is 0.477 e. The normalized spacial score (nSPS) is 14.0. The predicted octanol–water partition coefficient (Wildman–Crippen LogP) is 2.16. The second kappa shape index (κ2) is 6.53. The van der Waals surface area contributed by atoms with Crippen LogP contribution in [0.2, 0.25) is 0 Å². The van der Waals surface area contributed by atoms with E-state index in [1.807, 2.05) is 4.90 Å². The zero-order chi connectivity index (χ0) is 15.4. The molecule has 0 aliphatic heterocycles. The first-order valence-electron chi connectivity index (χ1n) is 6.79. The molecule has 7 heteroatoms. The molecular formula is C14H18N2O5. The lowest BCUT2D eigenvalue weighted by molar-refractivity contribution is -0.385. The Morgan fingerprint density at radius 2 is 2.24 bits per heavy atom. The van der Waals surface area contributed by atoms with Gasteiger partial charge in [0, 0.05) is 32.0 Å². The van der Waals surface area contributed by atoms with Crippen LogP contribution in [0.1, 0.15) is 23.2 Å². The third-order valence-corrected chi connectivity index (χ3v) is 3.47. The van der Waals surface area contributed by atoms with Gasteiger partial charge in [-0.3, -0.25) is 10.1 Å². The fourth-order valence-corrected chi connectivity index (χ4v) is 1.95. The van der Waals surface area contributed by atoms with Crippen LogP contribution in [0.3, 0.4) is 0 Å². The van der Waals surface area contributed by atoms with Crippen LogP contribution in [0, 0.1) is 16.0 Å². The molecule has 1 N–H and O–H groups in total. The van der Waals surface area contributed by atoms with Gasteiger partial charge < -0.3 is 14.7 Å². The lowest BCUT2D eigenvalue weighted by atomic mass is 10.1. The van der Waals surface area contributed by atoms with Crippen molar-refractivity contribution in [1.82, 2.24) is 0 Å². The number of nitrogens with zero attached hydrogens (tertiary/aromatic N) is 2. The van der Waals surface area contributed by atoms with Crippen LogP contribution in [-0.2, 0) is 4.74 Å². The molecule has 21 heavy (non-hydrogen) atoms. The number of hydrogen-bond donors (Lipinski definition) is 1. The minimum Gasteiger partial charge on any atom is -0.477 e. The van der Waals surface area contributed by atoms with Crippen molar-refractivity contribution in [3.63, 3.8) is 0 Å². The maximum absolute atomic E-state index is 10.9. The first-order valence-corrected chi connectivity index (χ1v) is 6.79. The first-order chi connectivity index (χ1) is 9.99. The average molecular weight is 294 g/mol. The lowest BCUT2D eigenvalue weighted by Crippen LogP contribution is -2.23. The molecule has 114 valence electrons. The second-order valence-corrected chi connectivity index (χ2v) is 5.20. The van der Waals surface area contributed by atoms with E-state index in [-0.39, 0.29) is 5.56 Å².